The summed E-state index contributed by atoms with van der Waals surface area (Å²) in [6.07, 6.45) is 2.00. The summed E-state index contributed by atoms with van der Waals surface area (Å²) in [6.45, 7) is 2.55. The fourth-order valence-corrected chi connectivity index (χ4v) is 2.44. The van der Waals surface area contributed by atoms with Crippen LogP contribution < -0.4 is 0 Å². The van der Waals surface area contributed by atoms with Gasteiger partial charge in [-0.1, -0.05) is 18.2 Å². The topological polar surface area (TPSA) is 14.2 Å². The van der Waals surface area contributed by atoms with Crippen LogP contribution in [0.2, 0.25) is 0 Å². The average molecular weight is 237 g/mol. The molecular weight excluding hydrogens is 226 g/mol. The minimum Gasteiger partial charge on any atom is -0.478 e. The van der Waals surface area contributed by atoms with Crippen molar-refractivity contribution in [2.75, 3.05) is 6.61 Å². The molecule has 0 N–H and O–H groups in total. The number of para-hydroxylation sites is 1. The van der Waals surface area contributed by atoms with Crippen LogP contribution in [0, 0.1) is 0 Å². The highest BCUT2D eigenvalue weighted by atomic mass is 32.2. The van der Waals surface area contributed by atoms with E-state index in [2.05, 4.69) is 18.2 Å². The Morgan fingerprint density at radius 1 is 1.40 bits per heavy atom. The molecular formula is C11H11NOS2. The van der Waals surface area contributed by atoms with Crippen molar-refractivity contribution in [1.82, 2.24) is 3.97 Å². The number of nitrogens with zero attached hydrogens (tertiary/aromatic N) is 1. The Morgan fingerprint density at radius 2 is 2.20 bits per heavy atom. The molecule has 0 aliphatic carbocycles. The molecule has 0 unspecified atom stereocenters. The highest BCUT2D eigenvalue weighted by Gasteiger charge is 2.03. The normalized spacial score (nSPS) is 10.5. The molecule has 0 fully saturated rings. The van der Waals surface area contributed by atoms with Crippen LogP contribution in [-0.4, -0.2) is 15.0 Å². The van der Waals surface area contributed by atoms with Gasteiger partial charge in [-0.3, -0.25) is 3.97 Å². The monoisotopic (exact) mass is 237 g/mol. The predicted octanol–water partition coefficient (Wildman–Crippen LogP) is 3.46. The number of hydrogen-bond acceptors (Lipinski definition) is 3. The lowest BCUT2D eigenvalue weighted by molar-refractivity contribution is 0.346. The Morgan fingerprint density at radius 3 is 3.00 bits per heavy atom. The van der Waals surface area contributed by atoms with Crippen molar-refractivity contribution in [3.05, 3.63) is 36.5 Å². The highest BCUT2D eigenvalue weighted by Crippen LogP contribution is 2.21. The van der Waals surface area contributed by atoms with Gasteiger partial charge in [0.2, 0.25) is 4.38 Å². The first-order valence-corrected chi connectivity index (χ1v) is 5.90. The molecule has 1 aromatic carbocycles. The van der Waals surface area contributed by atoms with Crippen molar-refractivity contribution < 1.29 is 4.74 Å². The van der Waals surface area contributed by atoms with Crippen LogP contribution in [0.4, 0.5) is 0 Å². The Balaban J connectivity index is 2.25. The average Bonchev–Trinajstić information content (AvgIpc) is 2.62. The molecule has 0 aliphatic heterocycles. The highest BCUT2D eigenvalue weighted by molar-refractivity contribution is 8.21. The molecule has 0 spiro atoms. The van der Waals surface area contributed by atoms with E-state index in [0.29, 0.717) is 11.0 Å². The zero-order valence-electron chi connectivity index (χ0n) is 8.34. The SMILES string of the molecule is CCOC(=S)Sn1ccc2ccccc21. The molecule has 2 nitrogen and oxygen atoms in total. The van der Waals surface area contributed by atoms with Gasteiger partial charge in [-0.2, -0.15) is 0 Å². The van der Waals surface area contributed by atoms with E-state index in [1.165, 1.54) is 17.3 Å². The number of thiocarbonyl (C=S) groups is 1. The molecule has 0 atom stereocenters. The van der Waals surface area contributed by atoms with E-state index in [0.717, 1.165) is 5.52 Å². The van der Waals surface area contributed by atoms with Crippen LogP contribution in [0.15, 0.2) is 36.5 Å². The fraction of sp³-hybridized carbons (Fsp3) is 0.182. The standard InChI is InChI=1S/C11H11NOS2/c1-2-13-11(14)15-12-8-7-9-5-3-4-6-10(9)12/h3-8H,2H2,1H3. The first kappa shape index (κ1) is 10.5. The number of hydrogen-bond donors (Lipinski definition) is 0. The van der Waals surface area contributed by atoms with Gasteiger partial charge in [0.1, 0.15) is 0 Å². The van der Waals surface area contributed by atoms with E-state index < -0.39 is 0 Å². The molecule has 1 heterocycles. The predicted molar refractivity (Wildman–Crippen MR) is 69.2 cm³/mol. The van der Waals surface area contributed by atoms with Gasteiger partial charge < -0.3 is 4.74 Å². The molecule has 2 rings (SSSR count). The Labute approximate surface area is 98.4 Å². The quantitative estimate of drug-likeness (QED) is 0.743. The summed E-state index contributed by atoms with van der Waals surface area (Å²) < 4.78 is 7.81. The third kappa shape index (κ3) is 2.33. The third-order valence-corrected chi connectivity index (χ3v) is 3.12. The van der Waals surface area contributed by atoms with Gasteiger partial charge in [0.15, 0.2) is 0 Å². The van der Waals surface area contributed by atoms with Gasteiger partial charge in [0, 0.05) is 23.5 Å². The molecule has 0 radical (unpaired) electrons. The molecule has 0 saturated heterocycles. The van der Waals surface area contributed by atoms with E-state index in [1.54, 1.807) is 0 Å². The number of aromatic nitrogens is 1. The molecule has 0 saturated carbocycles. The van der Waals surface area contributed by atoms with Gasteiger partial charge in [-0.05, 0) is 31.3 Å². The summed E-state index contributed by atoms with van der Waals surface area (Å²) in [4.78, 5) is 0. The molecule has 0 amide bonds. The van der Waals surface area contributed by atoms with Crippen molar-refractivity contribution in [1.29, 1.82) is 0 Å². The maximum atomic E-state index is 5.24. The lowest BCUT2D eigenvalue weighted by Gasteiger charge is -2.05. The Bertz CT molecular complexity index is 478. The smallest absolute Gasteiger partial charge is 0.241 e. The van der Waals surface area contributed by atoms with Gasteiger partial charge in [0.25, 0.3) is 0 Å². The van der Waals surface area contributed by atoms with Crippen molar-refractivity contribution in [3.63, 3.8) is 0 Å². The minimum absolute atomic E-state index is 0.554. The second-order valence-electron chi connectivity index (χ2n) is 2.97. The summed E-state index contributed by atoms with van der Waals surface area (Å²) in [6, 6.07) is 10.3. The van der Waals surface area contributed by atoms with Crippen molar-refractivity contribution in [2.45, 2.75) is 6.92 Å². The molecule has 0 aliphatic rings. The van der Waals surface area contributed by atoms with Crippen molar-refractivity contribution >= 4 is 39.5 Å². The van der Waals surface area contributed by atoms with Gasteiger partial charge in [0.05, 0.1) is 12.1 Å². The molecule has 2 aromatic rings. The first-order chi connectivity index (χ1) is 7.31. The van der Waals surface area contributed by atoms with Gasteiger partial charge in [-0.15, -0.1) is 0 Å². The zero-order chi connectivity index (χ0) is 10.7. The van der Waals surface area contributed by atoms with Crippen LogP contribution in [0.1, 0.15) is 6.92 Å². The number of ether oxygens (including phenoxy) is 1. The molecule has 78 valence electrons. The van der Waals surface area contributed by atoms with Crippen LogP contribution in [0.25, 0.3) is 10.9 Å². The third-order valence-electron chi connectivity index (χ3n) is 2.00. The lowest BCUT2D eigenvalue weighted by atomic mass is 10.3. The summed E-state index contributed by atoms with van der Waals surface area (Å²) in [5, 5.41) is 1.21. The molecule has 0 bridgehead atoms. The summed E-state index contributed by atoms with van der Waals surface area (Å²) in [5.74, 6) is 0. The molecule has 15 heavy (non-hydrogen) atoms. The summed E-state index contributed by atoms with van der Waals surface area (Å²) in [7, 11) is 0. The largest absolute Gasteiger partial charge is 0.478 e. The van der Waals surface area contributed by atoms with E-state index in [4.69, 9.17) is 17.0 Å². The molecule has 4 heteroatoms. The second kappa shape index (κ2) is 4.68. The number of fused-ring (bicyclic) bond motifs is 1. The number of benzene rings is 1. The summed E-state index contributed by atoms with van der Waals surface area (Å²) >= 11 is 6.51. The Kier molecular flexibility index (Phi) is 3.28. The second-order valence-corrected chi connectivity index (χ2v) is 4.55. The first-order valence-electron chi connectivity index (χ1n) is 4.72. The van der Waals surface area contributed by atoms with Crippen LogP contribution >= 0.6 is 24.2 Å². The zero-order valence-corrected chi connectivity index (χ0v) is 9.98. The van der Waals surface area contributed by atoms with Gasteiger partial charge in [-0.25, -0.2) is 0 Å². The van der Waals surface area contributed by atoms with Crippen molar-refractivity contribution in [3.8, 4) is 0 Å². The van der Waals surface area contributed by atoms with E-state index in [1.807, 2.05) is 29.2 Å². The fourth-order valence-electron chi connectivity index (χ4n) is 1.36. The van der Waals surface area contributed by atoms with E-state index >= 15 is 0 Å². The van der Waals surface area contributed by atoms with Crippen LogP contribution in [0.5, 0.6) is 0 Å². The number of rotatable bonds is 2. The van der Waals surface area contributed by atoms with Gasteiger partial charge >= 0.3 is 0 Å². The summed E-state index contributed by atoms with van der Waals surface area (Å²) in [5.41, 5.74) is 1.16. The van der Waals surface area contributed by atoms with E-state index in [-0.39, 0.29) is 0 Å². The lowest BCUT2D eigenvalue weighted by Crippen LogP contribution is -1.99. The van der Waals surface area contributed by atoms with Crippen LogP contribution in [-0.2, 0) is 4.74 Å². The molecule has 1 aromatic heterocycles. The van der Waals surface area contributed by atoms with E-state index in [9.17, 15) is 0 Å². The maximum absolute atomic E-state index is 5.24. The van der Waals surface area contributed by atoms with Crippen molar-refractivity contribution in [2.24, 2.45) is 0 Å². The Hall–Kier alpha value is -1.00. The maximum Gasteiger partial charge on any atom is 0.241 e. The van der Waals surface area contributed by atoms with Crippen LogP contribution in [0.3, 0.4) is 0 Å². The minimum atomic E-state index is 0.554.